The largest absolute Gasteiger partial charge is 0.399 e. The van der Waals surface area contributed by atoms with E-state index >= 15 is 0 Å². The van der Waals surface area contributed by atoms with Gasteiger partial charge in [0, 0.05) is 11.7 Å². The number of aromatic nitrogens is 2. The van der Waals surface area contributed by atoms with Crippen molar-refractivity contribution < 1.29 is 0 Å². The van der Waals surface area contributed by atoms with E-state index in [1.807, 2.05) is 24.5 Å². The van der Waals surface area contributed by atoms with Gasteiger partial charge in [-0.1, -0.05) is 6.92 Å². The number of hydrogen-bond donors (Lipinski definition) is 1. The van der Waals surface area contributed by atoms with Crippen molar-refractivity contribution in [3.63, 3.8) is 0 Å². The first kappa shape index (κ1) is 9.06. The van der Waals surface area contributed by atoms with Gasteiger partial charge in [0.25, 0.3) is 0 Å². The molecule has 0 amide bonds. The SMILES string of the molecule is CC[C@H](C)n1cnc2ccc(N)cc21. The number of nitrogens with two attached hydrogens (primary N) is 1. The molecule has 0 fully saturated rings. The molecular weight excluding hydrogens is 174 g/mol. The molecule has 1 aromatic carbocycles. The topological polar surface area (TPSA) is 43.8 Å². The summed E-state index contributed by atoms with van der Waals surface area (Å²) in [4.78, 5) is 4.34. The summed E-state index contributed by atoms with van der Waals surface area (Å²) in [6.07, 6.45) is 2.98. The normalized spacial score (nSPS) is 13.3. The van der Waals surface area contributed by atoms with Crippen LogP contribution in [0.5, 0.6) is 0 Å². The van der Waals surface area contributed by atoms with Gasteiger partial charge in [-0.3, -0.25) is 0 Å². The molecule has 0 saturated carbocycles. The minimum atomic E-state index is 0.474. The molecule has 0 aliphatic rings. The van der Waals surface area contributed by atoms with Gasteiger partial charge in [0.05, 0.1) is 17.4 Å². The second-order valence-corrected chi connectivity index (χ2v) is 3.66. The summed E-state index contributed by atoms with van der Waals surface area (Å²) in [7, 11) is 0. The minimum Gasteiger partial charge on any atom is -0.399 e. The summed E-state index contributed by atoms with van der Waals surface area (Å²) in [6.45, 7) is 4.35. The summed E-state index contributed by atoms with van der Waals surface area (Å²) >= 11 is 0. The Kier molecular flexibility index (Phi) is 2.15. The standard InChI is InChI=1S/C11H15N3/c1-3-8(2)14-7-13-10-5-4-9(12)6-11(10)14/h4-8H,3,12H2,1-2H3/t8-/m0/s1. The molecule has 0 aliphatic heterocycles. The van der Waals surface area contributed by atoms with E-state index in [1.54, 1.807) is 0 Å². The molecule has 2 N–H and O–H groups in total. The maximum Gasteiger partial charge on any atom is 0.0960 e. The molecule has 1 aromatic heterocycles. The van der Waals surface area contributed by atoms with E-state index in [4.69, 9.17) is 5.73 Å². The molecule has 14 heavy (non-hydrogen) atoms. The monoisotopic (exact) mass is 189 g/mol. The molecule has 2 aromatic rings. The Morgan fingerprint density at radius 3 is 3.00 bits per heavy atom. The minimum absolute atomic E-state index is 0.474. The Hall–Kier alpha value is -1.51. The second-order valence-electron chi connectivity index (χ2n) is 3.66. The van der Waals surface area contributed by atoms with Gasteiger partial charge in [0.15, 0.2) is 0 Å². The first-order valence-corrected chi connectivity index (χ1v) is 4.94. The van der Waals surface area contributed by atoms with E-state index in [1.165, 1.54) is 0 Å². The van der Waals surface area contributed by atoms with Crippen LogP contribution in [0.15, 0.2) is 24.5 Å². The molecule has 1 atom stereocenters. The zero-order valence-corrected chi connectivity index (χ0v) is 8.57. The second kappa shape index (κ2) is 3.33. The van der Waals surface area contributed by atoms with Crippen LogP contribution in [0.3, 0.4) is 0 Å². The third kappa shape index (κ3) is 1.35. The van der Waals surface area contributed by atoms with Gasteiger partial charge in [-0.25, -0.2) is 4.98 Å². The summed E-state index contributed by atoms with van der Waals surface area (Å²) in [5.74, 6) is 0. The summed E-state index contributed by atoms with van der Waals surface area (Å²) in [6, 6.07) is 6.30. The lowest BCUT2D eigenvalue weighted by Gasteiger charge is -2.11. The lowest BCUT2D eigenvalue weighted by atomic mass is 10.2. The van der Waals surface area contributed by atoms with Crippen LogP contribution >= 0.6 is 0 Å². The van der Waals surface area contributed by atoms with Crippen molar-refractivity contribution in [1.82, 2.24) is 9.55 Å². The highest BCUT2D eigenvalue weighted by atomic mass is 15.1. The van der Waals surface area contributed by atoms with E-state index < -0.39 is 0 Å². The van der Waals surface area contributed by atoms with Crippen molar-refractivity contribution in [2.45, 2.75) is 26.3 Å². The van der Waals surface area contributed by atoms with Gasteiger partial charge in [-0.15, -0.1) is 0 Å². The third-order valence-electron chi connectivity index (χ3n) is 2.66. The number of nitrogens with zero attached hydrogens (tertiary/aromatic N) is 2. The fourth-order valence-corrected chi connectivity index (χ4v) is 1.59. The summed E-state index contributed by atoms with van der Waals surface area (Å²) in [5.41, 5.74) is 8.68. The fraction of sp³-hybridized carbons (Fsp3) is 0.364. The molecule has 74 valence electrons. The van der Waals surface area contributed by atoms with E-state index in [0.29, 0.717) is 6.04 Å². The Morgan fingerprint density at radius 2 is 2.29 bits per heavy atom. The Labute approximate surface area is 83.6 Å². The number of nitrogen functional groups attached to an aromatic ring is 1. The van der Waals surface area contributed by atoms with Crippen molar-refractivity contribution in [3.8, 4) is 0 Å². The molecule has 0 radical (unpaired) electrons. The highest BCUT2D eigenvalue weighted by molar-refractivity contribution is 5.79. The van der Waals surface area contributed by atoms with Crippen LogP contribution < -0.4 is 5.73 Å². The number of hydrogen-bond acceptors (Lipinski definition) is 2. The number of rotatable bonds is 2. The Bertz CT molecular complexity index is 445. The van der Waals surface area contributed by atoms with E-state index in [9.17, 15) is 0 Å². The van der Waals surface area contributed by atoms with Crippen molar-refractivity contribution >= 4 is 16.7 Å². The van der Waals surface area contributed by atoms with Crippen LogP contribution in [-0.4, -0.2) is 9.55 Å². The van der Waals surface area contributed by atoms with Gasteiger partial charge in [0.2, 0.25) is 0 Å². The molecule has 0 unspecified atom stereocenters. The zero-order valence-electron chi connectivity index (χ0n) is 8.57. The molecule has 0 spiro atoms. The van der Waals surface area contributed by atoms with Gasteiger partial charge in [0.1, 0.15) is 0 Å². The first-order chi connectivity index (χ1) is 6.72. The van der Waals surface area contributed by atoms with Crippen LogP contribution in [0.25, 0.3) is 11.0 Å². The van der Waals surface area contributed by atoms with Crippen molar-refractivity contribution in [2.75, 3.05) is 5.73 Å². The maximum atomic E-state index is 5.75. The van der Waals surface area contributed by atoms with Crippen LogP contribution in [0.4, 0.5) is 5.69 Å². The Morgan fingerprint density at radius 1 is 1.50 bits per heavy atom. The van der Waals surface area contributed by atoms with Crippen LogP contribution in [-0.2, 0) is 0 Å². The molecular formula is C11H15N3. The molecule has 3 nitrogen and oxygen atoms in total. The molecule has 0 aliphatic carbocycles. The third-order valence-corrected chi connectivity index (χ3v) is 2.66. The summed E-state index contributed by atoms with van der Waals surface area (Å²) in [5, 5.41) is 0. The van der Waals surface area contributed by atoms with Crippen molar-refractivity contribution in [3.05, 3.63) is 24.5 Å². The van der Waals surface area contributed by atoms with Gasteiger partial charge >= 0.3 is 0 Å². The van der Waals surface area contributed by atoms with Crippen LogP contribution in [0, 0.1) is 0 Å². The van der Waals surface area contributed by atoms with Crippen molar-refractivity contribution in [1.29, 1.82) is 0 Å². The molecule has 0 bridgehead atoms. The predicted octanol–water partition coefficient (Wildman–Crippen LogP) is 2.59. The van der Waals surface area contributed by atoms with Crippen LogP contribution in [0.1, 0.15) is 26.3 Å². The highest BCUT2D eigenvalue weighted by Gasteiger charge is 2.07. The number of fused-ring (bicyclic) bond motifs is 1. The Balaban J connectivity index is 2.61. The highest BCUT2D eigenvalue weighted by Crippen LogP contribution is 2.21. The van der Waals surface area contributed by atoms with Crippen molar-refractivity contribution in [2.24, 2.45) is 0 Å². The summed E-state index contributed by atoms with van der Waals surface area (Å²) < 4.78 is 2.17. The fourth-order valence-electron chi connectivity index (χ4n) is 1.59. The maximum absolute atomic E-state index is 5.75. The quantitative estimate of drug-likeness (QED) is 0.738. The zero-order chi connectivity index (χ0) is 10.1. The van der Waals surface area contributed by atoms with E-state index in [0.717, 1.165) is 23.1 Å². The lowest BCUT2D eigenvalue weighted by Crippen LogP contribution is -2.01. The number of imidazole rings is 1. The van der Waals surface area contributed by atoms with Gasteiger partial charge < -0.3 is 10.3 Å². The van der Waals surface area contributed by atoms with Gasteiger partial charge in [-0.2, -0.15) is 0 Å². The first-order valence-electron chi connectivity index (χ1n) is 4.94. The predicted molar refractivity (Wildman–Crippen MR) is 59.1 cm³/mol. The molecule has 0 saturated heterocycles. The van der Waals surface area contributed by atoms with E-state index in [2.05, 4.69) is 23.4 Å². The van der Waals surface area contributed by atoms with E-state index in [-0.39, 0.29) is 0 Å². The molecule has 1 heterocycles. The van der Waals surface area contributed by atoms with Gasteiger partial charge in [-0.05, 0) is 31.5 Å². The molecule has 2 rings (SSSR count). The average Bonchev–Trinajstić information content (AvgIpc) is 2.59. The van der Waals surface area contributed by atoms with Crippen LogP contribution in [0.2, 0.25) is 0 Å². The molecule has 3 heteroatoms. The lowest BCUT2D eigenvalue weighted by molar-refractivity contribution is 0.544. The number of anilines is 1. The smallest absolute Gasteiger partial charge is 0.0960 e. The number of benzene rings is 1. The average molecular weight is 189 g/mol.